The van der Waals surface area contributed by atoms with Crippen molar-refractivity contribution in [2.75, 3.05) is 19.5 Å². The van der Waals surface area contributed by atoms with Gasteiger partial charge in [-0.05, 0) is 32.0 Å². The quantitative estimate of drug-likeness (QED) is 0.935. The van der Waals surface area contributed by atoms with Crippen molar-refractivity contribution in [2.24, 2.45) is 0 Å². The number of rotatable bonds is 4. The Morgan fingerprint density at radius 1 is 1.10 bits per heavy atom. The zero-order valence-electron chi connectivity index (χ0n) is 11.9. The summed E-state index contributed by atoms with van der Waals surface area (Å²) in [5, 5.41) is 2.87. The normalized spacial score (nSPS) is 10.2. The summed E-state index contributed by atoms with van der Waals surface area (Å²) < 4.78 is 10.4. The van der Waals surface area contributed by atoms with Gasteiger partial charge in [-0.25, -0.2) is 0 Å². The Labute approximate surface area is 122 Å². The molecule has 1 amide bonds. The van der Waals surface area contributed by atoms with Crippen molar-refractivity contribution in [2.45, 2.75) is 13.8 Å². The number of amides is 1. The van der Waals surface area contributed by atoms with Crippen molar-refractivity contribution in [3.63, 3.8) is 0 Å². The molecule has 4 nitrogen and oxygen atoms in total. The number of anilines is 1. The van der Waals surface area contributed by atoms with Crippen LogP contribution in [0.3, 0.4) is 0 Å². The first-order valence-electron chi connectivity index (χ1n) is 6.15. The third kappa shape index (κ3) is 2.93. The smallest absolute Gasteiger partial charge is 0.256 e. The number of carbonyl (C=O) groups is 1. The molecule has 106 valence electrons. The fraction of sp³-hybridized carbons (Fsp3) is 0.267. The number of nitrogens with one attached hydrogen (secondary N) is 1. The van der Waals surface area contributed by atoms with E-state index < -0.39 is 0 Å². The molecule has 0 atom stereocenters. The van der Waals surface area contributed by atoms with Crippen LogP contribution in [0.5, 0.6) is 11.5 Å². The Bertz CT molecular complexity index is 634. The molecule has 0 fully saturated rings. The second-order valence-corrected chi connectivity index (χ2v) is 5.81. The van der Waals surface area contributed by atoms with E-state index in [1.807, 2.05) is 19.9 Å². The van der Waals surface area contributed by atoms with Crippen LogP contribution >= 0.6 is 11.3 Å². The molecule has 0 aliphatic carbocycles. The Kier molecular flexibility index (Phi) is 4.29. The molecule has 0 aliphatic rings. The summed E-state index contributed by atoms with van der Waals surface area (Å²) in [5.74, 6) is 1.11. The first-order valence-corrected chi connectivity index (χ1v) is 6.97. The van der Waals surface area contributed by atoms with Crippen LogP contribution in [0, 0.1) is 13.8 Å². The molecule has 1 N–H and O–H groups in total. The van der Waals surface area contributed by atoms with Gasteiger partial charge in [0, 0.05) is 21.5 Å². The van der Waals surface area contributed by atoms with Crippen LogP contribution in [0.1, 0.15) is 20.1 Å². The largest absolute Gasteiger partial charge is 0.493 e. The molecular formula is C15H17NO3S. The molecule has 0 radical (unpaired) electrons. The zero-order chi connectivity index (χ0) is 14.7. The van der Waals surface area contributed by atoms with E-state index in [4.69, 9.17) is 9.47 Å². The van der Waals surface area contributed by atoms with E-state index in [1.165, 1.54) is 0 Å². The van der Waals surface area contributed by atoms with E-state index in [2.05, 4.69) is 5.32 Å². The lowest BCUT2D eigenvalue weighted by Gasteiger charge is -2.10. The third-order valence-corrected chi connectivity index (χ3v) is 3.89. The number of aryl methyl sites for hydroxylation is 2. The number of ether oxygens (including phenoxy) is 2. The molecule has 1 aromatic heterocycles. The SMILES string of the molecule is COc1ccc(NC(=O)c2cc(C)sc2C)cc1OC. The van der Waals surface area contributed by atoms with Gasteiger partial charge >= 0.3 is 0 Å². The third-order valence-electron chi connectivity index (χ3n) is 2.93. The summed E-state index contributed by atoms with van der Waals surface area (Å²) in [6, 6.07) is 7.19. The van der Waals surface area contributed by atoms with Gasteiger partial charge in [-0.2, -0.15) is 0 Å². The monoisotopic (exact) mass is 291 g/mol. The van der Waals surface area contributed by atoms with Crippen molar-refractivity contribution < 1.29 is 14.3 Å². The molecule has 0 saturated heterocycles. The molecule has 2 aromatic rings. The number of hydrogen-bond acceptors (Lipinski definition) is 4. The van der Waals surface area contributed by atoms with Gasteiger partial charge in [-0.15, -0.1) is 11.3 Å². The van der Waals surface area contributed by atoms with Crippen molar-refractivity contribution in [1.29, 1.82) is 0 Å². The number of carbonyl (C=O) groups excluding carboxylic acids is 1. The fourth-order valence-corrected chi connectivity index (χ4v) is 2.89. The first-order chi connectivity index (χ1) is 9.55. The van der Waals surface area contributed by atoms with Gasteiger partial charge in [0.2, 0.25) is 0 Å². The maximum Gasteiger partial charge on any atom is 0.256 e. The van der Waals surface area contributed by atoms with E-state index in [-0.39, 0.29) is 5.91 Å². The Morgan fingerprint density at radius 2 is 1.80 bits per heavy atom. The highest BCUT2D eigenvalue weighted by molar-refractivity contribution is 7.12. The van der Waals surface area contributed by atoms with Gasteiger partial charge < -0.3 is 14.8 Å². The van der Waals surface area contributed by atoms with Crippen LogP contribution in [0.2, 0.25) is 0 Å². The molecule has 1 heterocycles. The highest BCUT2D eigenvalue weighted by Gasteiger charge is 2.13. The minimum absolute atomic E-state index is 0.112. The van der Waals surface area contributed by atoms with E-state index >= 15 is 0 Å². The predicted octanol–water partition coefficient (Wildman–Crippen LogP) is 3.63. The number of methoxy groups -OCH3 is 2. The van der Waals surface area contributed by atoms with Crippen LogP contribution in [0.4, 0.5) is 5.69 Å². The van der Waals surface area contributed by atoms with Crippen molar-refractivity contribution >= 4 is 22.9 Å². The molecule has 0 aliphatic heterocycles. The second-order valence-electron chi connectivity index (χ2n) is 4.35. The van der Waals surface area contributed by atoms with Gasteiger partial charge in [0.1, 0.15) is 0 Å². The van der Waals surface area contributed by atoms with Crippen LogP contribution in [0.25, 0.3) is 0 Å². The topological polar surface area (TPSA) is 47.6 Å². The Balaban J connectivity index is 2.22. The zero-order valence-corrected chi connectivity index (χ0v) is 12.8. The van der Waals surface area contributed by atoms with Gasteiger partial charge in [0.25, 0.3) is 5.91 Å². The van der Waals surface area contributed by atoms with E-state index in [1.54, 1.807) is 43.8 Å². The highest BCUT2D eigenvalue weighted by Crippen LogP contribution is 2.30. The van der Waals surface area contributed by atoms with Crippen LogP contribution < -0.4 is 14.8 Å². The standard InChI is InChI=1S/C15H17NO3S/c1-9-7-12(10(2)20-9)15(17)16-11-5-6-13(18-3)14(8-11)19-4/h5-8H,1-4H3,(H,16,17). The summed E-state index contributed by atoms with van der Waals surface area (Å²) in [5.41, 5.74) is 1.39. The van der Waals surface area contributed by atoms with E-state index in [0.717, 1.165) is 9.75 Å². The van der Waals surface area contributed by atoms with Crippen molar-refractivity contribution in [1.82, 2.24) is 0 Å². The Hall–Kier alpha value is -2.01. The van der Waals surface area contributed by atoms with Gasteiger partial charge in [0.05, 0.1) is 19.8 Å². The molecule has 0 unspecified atom stereocenters. The number of thiophene rings is 1. The summed E-state index contributed by atoms with van der Waals surface area (Å²) in [7, 11) is 3.14. The van der Waals surface area contributed by atoms with E-state index in [0.29, 0.717) is 22.7 Å². The fourth-order valence-electron chi connectivity index (χ4n) is 1.97. The van der Waals surface area contributed by atoms with E-state index in [9.17, 15) is 4.79 Å². The van der Waals surface area contributed by atoms with Gasteiger partial charge in [-0.3, -0.25) is 4.79 Å². The van der Waals surface area contributed by atoms with Crippen LogP contribution in [-0.4, -0.2) is 20.1 Å². The molecule has 0 spiro atoms. The minimum Gasteiger partial charge on any atom is -0.493 e. The lowest BCUT2D eigenvalue weighted by atomic mass is 10.2. The average Bonchev–Trinajstić information content (AvgIpc) is 2.77. The summed E-state index contributed by atoms with van der Waals surface area (Å²) in [4.78, 5) is 14.4. The molecule has 5 heteroatoms. The van der Waals surface area contributed by atoms with Crippen LogP contribution in [-0.2, 0) is 0 Å². The van der Waals surface area contributed by atoms with Crippen molar-refractivity contribution in [3.8, 4) is 11.5 Å². The average molecular weight is 291 g/mol. The van der Waals surface area contributed by atoms with Crippen molar-refractivity contribution in [3.05, 3.63) is 39.6 Å². The molecule has 2 rings (SSSR count). The summed E-state index contributed by atoms with van der Waals surface area (Å²) in [6.45, 7) is 3.94. The van der Waals surface area contributed by atoms with Gasteiger partial charge in [-0.1, -0.05) is 0 Å². The molecule has 1 aromatic carbocycles. The number of hydrogen-bond donors (Lipinski definition) is 1. The maximum absolute atomic E-state index is 12.2. The maximum atomic E-state index is 12.2. The molecular weight excluding hydrogens is 274 g/mol. The first kappa shape index (κ1) is 14.4. The van der Waals surface area contributed by atoms with Crippen LogP contribution in [0.15, 0.2) is 24.3 Å². The molecule has 20 heavy (non-hydrogen) atoms. The molecule has 0 saturated carbocycles. The minimum atomic E-state index is -0.112. The Morgan fingerprint density at radius 3 is 2.35 bits per heavy atom. The summed E-state index contributed by atoms with van der Waals surface area (Å²) >= 11 is 1.62. The molecule has 0 bridgehead atoms. The highest BCUT2D eigenvalue weighted by atomic mass is 32.1. The number of benzene rings is 1. The van der Waals surface area contributed by atoms with Gasteiger partial charge in [0.15, 0.2) is 11.5 Å². The lowest BCUT2D eigenvalue weighted by Crippen LogP contribution is -2.12. The summed E-state index contributed by atoms with van der Waals surface area (Å²) in [6.07, 6.45) is 0. The predicted molar refractivity (Wildman–Crippen MR) is 81.3 cm³/mol. The second kappa shape index (κ2) is 5.96. The lowest BCUT2D eigenvalue weighted by molar-refractivity contribution is 0.102.